The van der Waals surface area contributed by atoms with Crippen molar-refractivity contribution in [3.8, 4) is 0 Å². The van der Waals surface area contributed by atoms with Gasteiger partial charge in [0.25, 0.3) is 0 Å². The monoisotopic (exact) mass is 420 g/mol. The lowest BCUT2D eigenvalue weighted by Gasteiger charge is -2.30. The van der Waals surface area contributed by atoms with Gasteiger partial charge in [-0.15, -0.1) is 0 Å². The van der Waals surface area contributed by atoms with Crippen molar-refractivity contribution >= 4 is 11.8 Å². The molecule has 3 rings (SSSR count). The molecule has 3 N–H and O–H groups in total. The van der Waals surface area contributed by atoms with Crippen LogP contribution in [0.2, 0.25) is 0 Å². The molecule has 0 spiro atoms. The predicted octanol–water partition coefficient (Wildman–Crippen LogP) is 2.62. The van der Waals surface area contributed by atoms with Gasteiger partial charge in [-0.05, 0) is 30.5 Å². The van der Waals surface area contributed by atoms with E-state index < -0.39 is 6.09 Å². The van der Waals surface area contributed by atoms with E-state index in [0.717, 1.165) is 5.56 Å². The molecule has 0 aliphatic carbocycles. The quantitative estimate of drug-likeness (QED) is 0.609. The molecule has 30 heavy (non-hydrogen) atoms. The fourth-order valence-corrected chi connectivity index (χ4v) is 3.27. The summed E-state index contributed by atoms with van der Waals surface area (Å²) in [7, 11) is 1.73. The van der Waals surface area contributed by atoms with Crippen LogP contribution in [0.15, 0.2) is 36.7 Å². The van der Waals surface area contributed by atoms with Crippen LogP contribution in [0.5, 0.6) is 0 Å². The first-order chi connectivity index (χ1) is 14.5. The molecule has 1 saturated heterocycles. The maximum atomic E-state index is 14.1. The molecule has 1 fully saturated rings. The van der Waals surface area contributed by atoms with Crippen molar-refractivity contribution in [1.82, 2.24) is 15.6 Å². The number of nitrogens with one attached hydrogen (secondary N) is 3. The van der Waals surface area contributed by atoms with Crippen molar-refractivity contribution in [3.63, 3.8) is 0 Å². The first-order valence-corrected chi connectivity index (χ1v) is 9.86. The van der Waals surface area contributed by atoms with Crippen LogP contribution in [0.4, 0.5) is 19.3 Å². The van der Waals surface area contributed by atoms with Crippen molar-refractivity contribution < 1.29 is 23.0 Å². The van der Waals surface area contributed by atoms with E-state index >= 15 is 0 Å². The third-order valence-corrected chi connectivity index (χ3v) is 4.87. The van der Waals surface area contributed by atoms with Gasteiger partial charge in [0.1, 0.15) is 24.3 Å². The number of amides is 1. The molecule has 1 aromatic carbocycles. The maximum absolute atomic E-state index is 14.1. The summed E-state index contributed by atoms with van der Waals surface area (Å²) in [6, 6.07) is 5.86. The molecule has 162 valence electrons. The number of carbonyl (C=O) groups is 1. The zero-order chi connectivity index (χ0) is 21.3. The Morgan fingerprint density at radius 2 is 2.00 bits per heavy atom. The summed E-state index contributed by atoms with van der Waals surface area (Å²) in [6.07, 6.45) is 2.95. The molecule has 0 unspecified atom stereocenters. The van der Waals surface area contributed by atoms with Gasteiger partial charge in [0.15, 0.2) is 0 Å². The van der Waals surface area contributed by atoms with Gasteiger partial charge in [-0.1, -0.05) is 12.1 Å². The van der Waals surface area contributed by atoms with Crippen LogP contribution >= 0.6 is 0 Å². The summed E-state index contributed by atoms with van der Waals surface area (Å²) < 4.78 is 38.2. The van der Waals surface area contributed by atoms with Crippen molar-refractivity contribution in [2.45, 2.75) is 31.6 Å². The summed E-state index contributed by atoms with van der Waals surface area (Å²) in [5.74, 6) is -0.671. The van der Waals surface area contributed by atoms with Gasteiger partial charge in [0.2, 0.25) is 0 Å². The first-order valence-electron chi connectivity index (χ1n) is 9.86. The molecule has 1 amide bonds. The maximum Gasteiger partial charge on any atom is 0.407 e. The lowest BCUT2D eigenvalue weighted by atomic mass is 10.0. The normalized spacial score (nSPS) is 18.6. The minimum Gasteiger partial charge on any atom is -0.447 e. The van der Waals surface area contributed by atoms with Crippen LogP contribution in [0.25, 0.3) is 0 Å². The van der Waals surface area contributed by atoms with Gasteiger partial charge in [-0.25, -0.2) is 13.6 Å². The summed E-state index contributed by atoms with van der Waals surface area (Å²) in [6.45, 7) is 1.56. The van der Waals surface area contributed by atoms with Crippen molar-refractivity contribution in [2.24, 2.45) is 0 Å². The van der Waals surface area contributed by atoms with Crippen molar-refractivity contribution in [1.29, 1.82) is 0 Å². The Labute approximate surface area is 174 Å². The number of alkyl carbamates (subject to hydrolysis) is 1. The van der Waals surface area contributed by atoms with Gasteiger partial charge < -0.3 is 25.4 Å². The van der Waals surface area contributed by atoms with E-state index in [1.165, 1.54) is 18.3 Å². The molecule has 2 heterocycles. The Morgan fingerprint density at radius 1 is 1.23 bits per heavy atom. The molecule has 0 radical (unpaired) electrons. The standard InChI is InChI=1S/C21H26F2N4O3/c1-24-20-12-26-11-19(23)18(20)7-6-16-9-25-10-17(30-16)13-29-21(28)27-8-14-2-4-15(22)5-3-14/h2-5,11-12,16-17,24-25H,6-10,13H2,1H3,(H,27,28)/t16-,17+/m1/s1. The summed E-state index contributed by atoms with van der Waals surface area (Å²) in [5, 5.41) is 8.83. The van der Waals surface area contributed by atoms with E-state index in [2.05, 4.69) is 20.9 Å². The molecule has 1 aliphatic heterocycles. The molecule has 7 nitrogen and oxygen atoms in total. The Kier molecular flexibility index (Phi) is 7.92. The van der Waals surface area contributed by atoms with Gasteiger partial charge in [0.05, 0.1) is 24.2 Å². The number of anilines is 1. The largest absolute Gasteiger partial charge is 0.447 e. The Balaban J connectivity index is 1.40. The molecule has 2 atom stereocenters. The average molecular weight is 420 g/mol. The lowest BCUT2D eigenvalue weighted by Crippen LogP contribution is -2.47. The van der Waals surface area contributed by atoms with Crippen molar-refractivity contribution in [2.75, 3.05) is 32.1 Å². The molecule has 9 heteroatoms. The summed E-state index contributed by atoms with van der Waals surface area (Å²) in [5.41, 5.74) is 2.01. The minimum atomic E-state index is -0.567. The van der Waals surface area contributed by atoms with Gasteiger partial charge in [0, 0.05) is 32.2 Å². The predicted molar refractivity (Wildman–Crippen MR) is 108 cm³/mol. The fraction of sp³-hybridized carbons (Fsp3) is 0.429. The second kappa shape index (κ2) is 10.8. The van der Waals surface area contributed by atoms with E-state index in [1.54, 1.807) is 25.4 Å². The van der Waals surface area contributed by atoms with E-state index in [-0.39, 0.29) is 37.0 Å². The van der Waals surface area contributed by atoms with E-state index in [4.69, 9.17) is 9.47 Å². The summed E-state index contributed by atoms with van der Waals surface area (Å²) >= 11 is 0. The smallest absolute Gasteiger partial charge is 0.407 e. The topological polar surface area (TPSA) is 84.5 Å². The number of nitrogens with zero attached hydrogens (tertiary/aromatic N) is 1. The average Bonchev–Trinajstić information content (AvgIpc) is 2.76. The number of ether oxygens (including phenoxy) is 2. The van der Waals surface area contributed by atoms with Crippen LogP contribution in [-0.4, -0.2) is 50.0 Å². The zero-order valence-electron chi connectivity index (χ0n) is 16.8. The third kappa shape index (κ3) is 6.36. The van der Waals surface area contributed by atoms with Gasteiger partial charge >= 0.3 is 6.09 Å². The number of hydrogen-bond donors (Lipinski definition) is 3. The number of rotatable bonds is 8. The number of morpholine rings is 1. The molecule has 1 aliphatic rings. The Hall–Kier alpha value is -2.78. The van der Waals surface area contributed by atoms with E-state index in [0.29, 0.717) is 37.2 Å². The van der Waals surface area contributed by atoms with Gasteiger partial charge in [-0.2, -0.15) is 0 Å². The third-order valence-electron chi connectivity index (χ3n) is 4.87. The lowest BCUT2D eigenvalue weighted by molar-refractivity contribution is -0.0651. The van der Waals surface area contributed by atoms with Gasteiger partial charge in [-0.3, -0.25) is 4.98 Å². The SMILES string of the molecule is CNc1cncc(F)c1CC[C@@H]1CNC[C@@H](COC(=O)NCc2ccc(F)cc2)O1. The van der Waals surface area contributed by atoms with Crippen LogP contribution in [-0.2, 0) is 22.4 Å². The highest BCUT2D eigenvalue weighted by Crippen LogP contribution is 2.21. The number of halogens is 2. The highest BCUT2D eigenvalue weighted by molar-refractivity contribution is 5.67. The minimum absolute atomic E-state index is 0.101. The number of benzene rings is 1. The zero-order valence-corrected chi connectivity index (χ0v) is 16.8. The van der Waals surface area contributed by atoms with E-state index in [9.17, 15) is 13.6 Å². The Bertz CT molecular complexity index is 836. The van der Waals surface area contributed by atoms with Crippen LogP contribution in [0, 0.1) is 11.6 Å². The molecule has 2 aromatic rings. The number of pyridine rings is 1. The second-order valence-electron chi connectivity index (χ2n) is 7.05. The molecule has 0 saturated carbocycles. The van der Waals surface area contributed by atoms with Crippen LogP contribution in [0.3, 0.4) is 0 Å². The number of carbonyl (C=O) groups excluding carboxylic acids is 1. The van der Waals surface area contributed by atoms with Crippen LogP contribution in [0.1, 0.15) is 17.5 Å². The number of aromatic nitrogens is 1. The highest BCUT2D eigenvalue weighted by atomic mass is 19.1. The van der Waals surface area contributed by atoms with E-state index in [1.807, 2.05) is 0 Å². The van der Waals surface area contributed by atoms with Crippen LogP contribution < -0.4 is 16.0 Å². The fourth-order valence-electron chi connectivity index (χ4n) is 3.27. The first kappa shape index (κ1) is 21.9. The molecular formula is C21H26F2N4O3. The number of hydrogen-bond acceptors (Lipinski definition) is 6. The van der Waals surface area contributed by atoms with Crippen molar-refractivity contribution in [3.05, 3.63) is 59.4 Å². The molecule has 1 aromatic heterocycles. The molecule has 0 bridgehead atoms. The molecular weight excluding hydrogens is 394 g/mol. The Morgan fingerprint density at radius 3 is 2.77 bits per heavy atom. The summed E-state index contributed by atoms with van der Waals surface area (Å²) in [4.78, 5) is 15.7. The second-order valence-corrected chi connectivity index (χ2v) is 7.05. The highest BCUT2D eigenvalue weighted by Gasteiger charge is 2.24.